The molecule has 0 radical (unpaired) electrons. The van der Waals surface area contributed by atoms with Gasteiger partial charge >= 0.3 is 6.03 Å². The Hall–Kier alpha value is -1.18. The monoisotopic (exact) mass is 299 g/mol. The molecule has 7 nitrogen and oxygen atoms in total. The quantitative estimate of drug-likeness (QED) is 0.619. The van der Waals surface area contributed by atoms with Gasteiger partial charge in [0.1, 0.15) is 0 Å². The van der Waals surface area contributed by atoms with Crippen LogP contribution in [0.1, 0.15) is 26.7 Å². The van der Waals surface area contributed by atoms with Crippen molar-refractivity contribution in [2.24, 2.45) is 5.73 Å². The van der Waals surface area contributed by atoms with Gasteiger partial charge in [-0.05, 0) is 46.3 Å². The first kappa shape index (κ1) is 17.9. The van der Waals surface area contributed by atoms with Crippen molar-refractivity contribution in [3.63, 3.8) is 0 Å². The zero-order valence-corrected chi connectivity index (χ0v) is 13.2. The molecule has 4 N–H and O–H groups in total. The Balaban J connectivity index is 2.41. The van der Waals surface area contributed by atoms with E-state index in [0.29, 0.717) is 13.1 Å². The zero-order valence-electron chi connectivity index (χ0n) is 13.2. The molecular formula is C14H29N5O2. The van der Waals surface area contributed by atoms with Crippen LogP contribution < -0.4 is 16.4 Å². The average Bonchev–Trinajstić information content (AvgIpc) is 2.70. The van der Waals surface area contributed by atoms with E-state index in [-0.39, 0.29) is 11.9 Å². The molecule has 0 aromatic rings. The summed E-state index contributed by atoms with van der Waals surface area (Å²) in [4.78, 5) is 28.0. The van der Waals surface area contributed by atoms with Crippen LogP contribution in [-0.4, -0.2) is 73.6 Å². The average molecular weight is 299 g/mol. The van der Waals surface area contributed by atoms with Crippen molar-refractivity contribution in [1.82, 2.24) is 20.4 Å². The molecule has 7 heteroatoms. The molecule has 1 rings (SSSR count). The first-order valence-corrected chi connectivity index (χ1v) is 7.83. The lowest BCUT2D eigenvalue weighted by Gasteiger charge is -2.26. The van der Waals surface area contributed by atoms with Gasteiger partial charge in [-0.25, -0.2) is 4.79 Å². The molecule has 21 heavy (non-hydrogen) atoms. The Labute approximate surface area is 127 Å². The predicted octanol–water partition coefficient (Wildman–Crippen LogP) is -0.423. The van der Waals surface area contributed by atoms with Crippen LogP contribution in [0.5, 0.6) is 0 Å². The number of nitrogens with two attached hydrogens (primary N) is 1. The Bertz CT molecular complexity index is 337. The third-order valence-electron chi connectivity index (χ3n) is 3.80. The van der Waals surface area contributed by atoms with Gasteiger partial charge in [-0.2, -0.15) is 0 Å². The second-order valence-electron chi connectivity index (χ2n) is 5.40. The van der Waals surface area contributed by atoms with Crippen LogP contribution in [0.25, 0.3) is 0 Å². The normalized spacial score (nSPS) is 18.8. The Morgan fingerprint density at radius 1 is 1.24 bits per heavy atom. The van der Waals surface area contributed by atoms with Crippen molar-refractivity contribution < 1.29 is 9.59 Å². The van der Waals surface area contributed by atoms with E-state index in [1.807, 2.05) is 13.8 Å². The largest absolute Gasteiger partial charge is 0.338 e. The van der Waals surface area contributed by atoms with E-state index in [1.165, 1.54) is 0 Å². The van der Waals surface area contributed by atoms with Crippen molar-refractivity contribution in [2.75, 3.05) is 45.8 Å². The molecule has 0 saturated carbocycles. The summed E-state index contributed by atoms with van der Waals surface area (Å²) in [5.41, 5.74) is 5.54. The lowest BCUT2D eigenvalue weighted by atomic mass is 10.2. The van der Waals surface area contributed by atoms with Gasteiger partial charge in [-0.15, -0.1) is 0 Å². The molecule has 1 unspecified atom stereocenters. The minimum Gasteiger partial charge on any atom is -0.338 e. The summed E-state index contributed by atoms with van der Waals surface area (Å²) in [7, 11) is 0. The molecule has 1 aliphatic heterocycles. The van der Waals surface area contributed by atoms with Gasteiger partial charge in [-0.1, -0.05) is 0 Å². The van der Waals surface area contributed by atoms with Gasteiger partial charge in [0.15, 0.2) is 0 Å². The molecule has 0 aliphatic carbocycles. The van der Waals surface area contributed by atoms with Crippen LogP contribution in [0, 0.1) is 0 Å². The van der Waals surface area contributed by atoms with E-state index in [4.69, 9.17) is 5.73 Å². The topological polar surface area (TPSA) is 90.7 Å². The fourth-order valence-electron chi connectivity index (χ4n) is 2.50. The van der Waals surface area contributed by atoms with E-state index in [1.54, 1.807) is 0 Å². The number of urea groups is 1. The molecule has 1 saturated heterocycles. The molecule has 0 aromatic carbocycles. The molecule has 1 atom stereocenters. The summed E-state index contributed by atoms with van der Waals surface area (Å²) >= 11 is 0. The van der Waals surface area contributed by atoms with E-state index in [0.717, 1.165) is 45.6 Å². The summed E-state index contributed by atoms with van der Waals surface area (Å²) in [5, 5.41) is 4.95. The minimum atomic E-state index is -0.422. The van der Waals surface area contributed by atoms with Crippen LogP contribution in [0.3, 0.4) is 0 Å². The predicted molar refractivity (Wildman–Crippen MR) is 83.0 cm³/mol. The molecule has 0 aromatic heterocycles. The summed E-state index contributed by atoms with van der Waals surface area (Å²) in [6, 6.07) is -0.712. The molecule has 1 heterocycles. The van der Waals surface area contributed by atoms with Crippen molar-refractivity contribution in [3.8, 4) is 0 Å². The smallest absolute Gasteiger partial charge is 0.321 e. The SMILES string of the molecule is CCNC(=O)NC(=O)C(C)N1CCCN(CCCN)CC1. The second-order valence-corrected chi connectivity index (χ2v) is 5.40. The lowest BCUT2D eigenvalue weighted by Crippen LogP contribution is -2.50. The van der Waals surface area contributed by atoms with E-state index >= 15 is 0 Å². The molecule has 0 spiro atoms. The number of nitrogens with zero attached hydrogens (tertiary/aromatic N) is 2. The summed E-state index contributed by atoms with van der Waals surface area (Å²) < 4.78 is 0. The van der Waals surface area contributed by atoms with Crippen LogP contribution >= 0.6 is 0 Å². The molecule has 0 bridgehead atoms. The molecular weight excluding hydrogens is 270 g/mol. The standard InChI is InChI=1S/C14H29N5O2/c1-3-16-14(21)17-13(20)12(2)19-9-5-8-18(10-11-19)7-4-6-15/h12H,3-11,15H2,1-2H3,(H2,16,17,20,21). The zero-order chi connectivity index (χ0) is 15.7. The van der Waals surface area contributed by atoms with Gasteiger partial charge in [0.25, 0.3) is 0 Å². The summed E-state index contributed by atoms with van der Waals surface area (Å²) in [6.45, 7) is 9.61. The van der Waals surface area contributed by atoms with Gasteiger partial charge < -0.3 is 16.0 Å². The third kappa shape index (κ3) is 6.41. The molecule has 1 aliphatic rings. The molecule has 122 valence electrons. The number of carbonyl (C=O) groups is 2. The van der Waals surface area contributed by atoms with Gasteiger partial charge in [-0.3, -0.25) is 15.0 Å². The highest BCUT2D eigenvalue weighted by Gasteiger charge is 2.24. The first-order valence-electron chi connectivity index (χ1n) is 7.83. The van der Waals surface area contributed by atoms with E-state index < -0.39 is 6.03 Å². The van der Waals surface area contributed by atoms with Crippen LogP contribution in [0.2, 0.25) is 0 Å². The van der Waals surface area contributed by atoms with Gasteiger partial charge in [0.05, 0.1) is 6.04 Å². The van der Waals surface area contributed by atoms with Crippen LogP contribution in [-0.2, 0) is 4.79 Å². The van der Waals surface area contributed by atoms with Crippen molar-refractivity contribution in [1.29, 1.82) is 0 Å². The number of nitrogens with one attached hydrogen (secondary N) is 2. The number of rotatable bonds is 6. The van der Waals surface area contributed by atoms with Crippen LogP contribution in [0.15, 0.2) is 0 Å². The fraction of sp³-hybridized carbons (Fsp3) is 0.857. The van der Waals surface area contributed by atoms with Crippen molar-refractivity contribution in [3.05, 3.63) is 0 Å². The number of hydrogen-bond acceptors (Lipinski definition) is 5. The lowest BCUT2D eigenvalue weighted by molar-refractivity contribution is -0.124. The number of amides is 3. The number of hydrogen-bond donors (Lipinski definition) is 3. The third-order valence-corrected chi connectivity index (χ3v) is 3.80. The number of carbonyl (C=O) groups excluding carboxylic acids is 2. The van der Waals surface area contributed by atoms with Crippen molar-refractivity contribution in [2.45, 2.75) is 32.7 Å². The van der Waals surface area contributed by atoms with Crippen molar-refractivity contribution >= 4 is 11.9 Å². The Morgan fingerprint density at radius 2 is 2.00 bits per heavy atom. The van der Waals surface area contributed by atoms with Crippen LogP contribution in [0.4, 0.5) is 4.79 Å². The first-order chi connectivity index (χ1) is 10.1. The van der Waals surface area contributed by atoms with E-state index in [9.17, 15) is 9.59 Å². The highest BCUT2D eigenvalue weighted by Crippen LogP contribution is 2.07. The second kappa shape index (κ2) is 9.70. The van der Waals surface area contributed by atoms with Gasteiger partial charge in [0, 0.05) is 26.2 Å². The Kier molecular flexibility index (Phi) is 8.26. The molecule has 3 amide bonds. The Morgan fingerprint density at radius 3 is 2.67 bits per heavy atom. The highest BCUT2D eigenvalue weighted by molar-refractivity contribution is 5.96. The van der Waals surface area contributed by atoms with E-state index in [2.05, 4.69) is 20.4 Å². The maximum absolute atomic E-state index is 12.0. The fourth-order valence-corrected chi connectivity index (χ4v) is 2.50. The highest BCUT2D eigenvalue weighted by atomic mass is 16.2. The molecule has 1 fully saturated rings. The summed E-state index contributed by atoms with van der Waals surface area (Å²) in [5.74, 6) is -0.239. The maximum Gasteiger partial charge on any atom is 0.321 e. The summed E-state index contributed by atoms with van der Waals surface area (Å²) in [6.07, 6.45) is 2.04. The number of imide groups is 1. The minimum absolute atomic E-state index is 0.239. The maximum atomic E-state index is 12.0. The van der Waals surface area contributed by atoms with Gasteiger partial charge in [0.2, 0.25) is 5.91 Å².